The highest BCUT2D eigenvalue weighted by Gasteiger charge is 2.14. The molecule has 54 heavy (non-hydrogen) atoms. The summed E-state index contributed by atoms with van der Waals surface area (Å²) in [6.07, 6.45) is 0. The highest BCUT2D eigenvalue weighted by Crippen LogP contribution is 2.41. The molecule has 0 aliphatic carbocycles. The maximum absolute atomic E-state index is 8.84. The van der Waals surface area contributed by atoms with Crippen LogP contribution in [0.5, 0.6) is 0 Å². The minimum Gasteiger partial charge on any atom is -0.394 e. The molecule has 0 unspecified atom stereocenters. The van der Waals surface area contributed by atoms with Gasteiger partial charge in [-0.2, -0.15) is 23.5 Å². The zero-order chi connectivity index (χ0) is 37.0. The van der Waals surface area contributed by atoms with Crippen LogP contribution >= 0.6 is 68.9 Å². The van der Waals surface area contributed by atoms with E-state index in [2.05, 4.69) is 84.9 Å². The lowest BCUT2D eigenvalue weighted by Gasteiger charge is -2.13. The van der Waals surface area contributed by atoms with Gasteiger partial charge >= 0.3 is 0 Å². The van der Waals surface area contributed by atoms with Gasteiger partial charge in [-0.25, -0.2) is 0 Å². The van der Waals surface area contributed by atoms with E-state index in [-0.39, 0.29) is 13.2 Å². The van der Waals surface area contributed by atoms with E-state index in [0.717, 1.165) is 23.0 Å². The first kappa shape index (κ1) is 39.9. The molecule has 0 radical (unpaired) electrons. The lowest BCUT2D eigenvalue weighted by Crippen LogP contribution is -2.06. The Morgan fingerprint density at radius 3 is 1.15 bits per heavy atom. The number of aliphatic hydroxyl groups is 2. The molecule has 6 aromatic rings. The molecule has 284 valence electrons. The highest BCUT2D eigenvalue weighted by molar-refractivity contribution is 7.98. The van der Waals surface area contributed by atoms with Crippen LogP contribution in [0.2, 0.25) is 0 Å². The van der Waals surface area contributed by atoms with Crippen molar-refractivity contribution >= 4 is 68.9 Å². The summed E-state index contributed by atoms with van der Waals surface area (Å²) in [5.74, 6) is 3.91. The maximum Gasteiger partial charge on any atom is 0.0810 e. The molecular formula is C42H44O6S6. The fraction of sp³-hybridized carbons (Fsp3) is 0.333. The zero-order valence-electron chi connectivity index (χ0n) is 30.0. The van der Waals surface area contributed by atoms with E-state index in [1.54, 1.807) is 22.7 Å². The zero-order valence-corrected chi connectivity index (χ0v) is 34.9. The van der Waals surface area contributed by atoms with Crippen molar-refractivity contribution in [1.82, 2.24) is 0 Å². The van der Waals surface area contributed by atoms with Crippen molar-refractivity contribution in [2.75, 3.05) is 52.9 Å². The van der Waals surface area contributed by atoms with Crippen LogP contribution in [0.25, 0.3) is 40.4 Å². The van der Waals surface area contributed by atoms with Crippen LogP contribution < -0.4 is 0 Å². The third kappa shape index (κ3) is 11.4. The molecule has 2 aromatic carbocycles. The van der Waals surface area contributed by atoms with Crippen LogP contribution in [0, 0.1) is 0 Å². The molecule has 4 aromatic heterocycles. The predicted octanol–water partition coefficient (Wildman–Crippen LogP) is 10.8. The number of fused-ring (bicyclic) bond motifs is 4. The Hall–Kier alpha value is -2.30. The normalized spacial score (nSPS) is 13.2. The number of hydrogen-bond donors (Lipinski definition) is 2. The van der Waals surface area contributed by atoms with Gasteiger partial charge in [-0.15, -0.1) is 45.3 Å². The summed E-state index contributed by atoms with van der Waals surface area (Å²) in [4.78, 5) is 10.1. The minimum atomic E-state index is 0.0390. The molecule has 0 saturated heterocycles. The number of aliphatic hydroxyl groups excluding tert-OH is 2. The summed E-state index contributed by atoms with van der Waals surface area (Å²) in [5, 5.41) is 17.7. The van der Waals surface area contributed by atoms with Crippen molar-refractivity contribution in [2.45, 2.75) is 36.2 Å². The van der Waals surface area contributed by atoms with Crippen LogP contribution in [-0.2, 0) is 55.2 Å². The second-order valence-corrected chi connectivity index (χ2v) is 19.2. The summed E-state index contributed by atoms with van der Waals surface area (Å²) in [6.45, 7) is 3.97. The average Bonchev–Trinajstić information content (AvgIpc) is 4.01. The third-order valence-electron chi connectivity index (χ3n) is 8.47. The second-order valence-electron chi connectivity index (χ2n) is 12.7. The lowest BCUT2D eigenvalue weighted by molar-refractivity contribution is 0.0281. The van der Waals surface area contributed by atoms with E-state index in [1.807, 2.05) is 46.2 Å². The monoisotopic (exact) mass is 836 g/mol. The smallest absolute Gasteiger partial charge is 0.0810 e. The van der Waals surface area contributed by atoms with E-state index in [0.29, 0.717) is 52.9 Å². The van der Waals surface area contributed by atoms with E-state index in [4.69, 9.17) is 29.2 Å². The van der Waals surface area contributed by atoms with Crippen molar-refractivity contribution in [1.29, 1.82) is 0 Å². The fourth-order valence-electron chi connectivity index (χ4n) is 6.06. The first-order valence-electron chi connectivity index (χ1n) is 18.0. The van der Waals surface area contributed by atoms with Gasteiger partial charge in [0.05, 0.1) is 66.1 Å². The van der Waals surface area contributed by atoms with Crippen LogP contribution in [0.15, 0.2) is 84.9 Å². The lowest BCUT2D eigenvalue weighted by atomic mass is 10.1. The number of hydrogen-bond acceptors (Lipinski definition) is 12. The molecule has 6 nitrogen and oxygen atoms in total. The van der Waals surface area contributed by atoms with Crippen LogP contribution in [-0.4, -0.2) is 63.1 Å². The van der Waals surface area contributed by atoms with Crippen LogP contribution in [0.3, 0.4) is 0 Å². The molecule has 0 amide bonds. The quantitative estimate of drug-likeness (QED) is 0.0829. The fourth-order valence-corrected chi connectivity index (χ4v) is 11.9. The van der Waals surface area contributed by atoms with Crippen LogP contribution in [0.1, 0.15) is 32.0 Å². The van der Waals surface area contributed by atoms with Gasteiger partial charge in [0.1, 0.15) is 0 Å². The highest BCUT2D eigenvalue weighted by atomic mass is 32.2. The molecule has 1 aliphatic rings. The molecule has 7 rings (SSSR count). The number of thioether (sulfide) groups is 2. The van der Waals surface area contributed by atoms with E-state index >= 15 is 0 Å². The standard InChI is InChI=1S/C42H44O6S6/c43-9-11-45-13-15-47-23-35-1-3-39(51-35)41-7-5-37(53-41)33-19-29-17-30(20-33)26-50-28-32-18-31(27-49-25-29)21-34(22-32)38-6-8-42(54-38)40-4-2-36(52-40)24-48-16-14-46-12-10-44/h1-8,17-22,43-44H,9-16,23-28H2. The Labute approximate surface area is 342 Å². The third-order valence-corrected chi connectivity index (χ3v) is 15.4. The summed E-state index contributed by atoms with van der Waals surface area (Å²) >= 11 is 11.3. The first-order chi connectivity index (χ1) is 26.6. The summed E-state index contributed by atoms with van der Waals surface area (Å²) < 4.78 is 22.1. The van der Waals surface area contributed by atoms with Crippen molar-refractivity contribution < 1.29 is 29.2 Å². The molecular weight excluding hydrogens is 793 g/mol. The van der Waals surface area contributed by atoms with E-state index < -0.39 is 0 Å². The maximum atomic E-state index is 8.84. The Bertz CT molecular complexity index is 1870. The molecule has 0 fully saturated rings. The SMILES string of the molecule is OCCOCCOCc1ccc(-c2ccc(-c3cc4cc(c3)CSCc3cc(cc(-c5ccc(-c6ccc(COCCOCCO)s6)s5)c3)CSC4)s2)s1. The van der Waals surface area contributed by atoms with E-state index in [9.17, 15) is 0 Å². The van der Waals surface area contributed by atoms with Gasteiger partial charge in [-0.3, -0.25) is 0 Å². The molecule has 1 aliphatic heterocycles. The number of rotatable bonds is 18. The summed E-state index contributed by atoms with van der Waals surface area (Å²) in [5.41, 5.74) is 8.16. The number of thiophene rings is 4. The van der Waals surface area contributed by atoms with Gasteiger partial charge in [0.2, 0.25) is 0 Å². The van der Waals surface area contributed by atoms with Gasteiger partial charge in [-0.1, -0.05) is 12.1 Å². The first-order valence-corrected chi connectivity index (χ1v) is 23.5. The summed E-state index contributed by atoms with van der Waals surface area (Å²) in [7, 11) is 0. The topological polar surface area (TPSA) is 77.4 Å². The Kier molecular flexibility index (Phi) is 15.3. The Balaban J connectivity index is 0.972. The Morgan fingerprint density at radius 2 is 0.741 bits per heavy atom. The van der Waals surface area contributed by atoms with Crippen molar-refractivity contribution in [2.24, 2.45) is 0 Å². The van der Waals surface area contributed by atoms with Crippen molar-refractivity contribution in [3.63, 3.8) is 0 Å². The van der Waals surface area contributed by atoms with Crippen molar-refractivity contribution in [3.8, 4) is 40.4 Å². The van der Waals surface area contributed by atoms with Gasteiger partial charge in [0, 0.05) is 62.0 Å². The van der Waals surface area contributed by atoms with Gasteiger partial charge in [-0.05, 0) is 106 Å². The van der Waals surface area contributed by atoms with Crippen molar-refractivity contribution in [3.05, 3.63) is 117 Å². The van der Waals surface area contributed by atoms with Gasteiger partial charge < -0.3 is 29.2 Å². The number of ether oxygens (including phenoxy) is 4. The molecule has 0 atom stereocenters. The molecule has 0 saturated carbocycles. The largest absolute Gasteiger partial charge is 0.394 e. The van der Waals surface area contributed by atoms with Gasteiger partial charge in [0.25, 0.3) is 0 Å². The molecule has 2 N–H and O–H groups in total. The molecule has 4 bridgehead atoms. The predicted molar refractivity (Wildman–Crippen MR) is 231 cm³/mol. The van der Waals surface area contributed by atoms with E-state index in [1.165, 1.54) is 72.4 Å². The molecule has 5 heterocycles. The molecule has 12 heteroatoms. The average molecular weight is 837 g/mol. The summed E-state index contributed by atoms with van der Waals surface area (Å²) in [6, 6.07) is 32.1. The molecule has 0 spiro atoms. The Morgan fingerprint density at radius 1 is 0.389 bits per heavy atom. The van der Waals surface area contributed by atoms with Crippen LogP contribution in [0.4, 0.5) is 0 Å². The minimum absolute atomic E-state index is 0.0390. The second kappa shape index (κ2) is 20.7. The number of benzene rings is 2. The van der Waals surface area contributed by atoms with Gasteiger partial charge in [0.15, 0.2) is 0 Å².